The summed E-state index contributed by atoms with van der Waals surface area (Å²) in [7, 11) is 0. The van der Waals surface area contributed by atoms with Crippen molar-refractivity contribution in [2.45, 2.75) is 19.3 Å². The summed E-state index contributed by atoms with van der Waals surface area (Å²) >= 11 is 5.56. The van der Waals surface area contributed by atoms with Gasteiger partial charge in [0.15, 0.2) is 0 Å². The zero-order valence-electron chi connectivity index (χ0n) is 7.37. The molecule has 0 radical (unpaired) electrons. The number of anilines is 1. The largest absolute Gasteiger partial charge is 0.408 e. The lowest BCUT2D eigenvalue weighted by Gasteiger charge is -2.09. The molecule has 1 aromatic heterocycles. The van der Waals surface area contributed by atoms with Gasteiger partial charge in [0.05, 0.1) is 0 Å². The van der Waals surface area contributed by atoms with Crippen molar-refractivity contribution in [2.24, 2.45) is 0 Å². The standard InChI is InChI=1S/C8H12ClN3O/c9-4-3-7-10-11-8(13-7)12-5-1-2-6-12/h1-6H2. The van der Waals surface area contributed by atoms with E-state index in [4.69, 9.17) is 16.0 Å². The van der Waals surface area contributed by atoms with Crippen molar-refractivity contribution >= 4 is 17.6 Å². The van der Waals surface area contributed by atoms with Gasteiger partial charge in [0.2, 0.25) is 5.89 Å². The molecule has 0 amide bonds. The summed E-state index contributed by atoms with van der Waals surface area (Å²) in [6.45, 7) is 2.06. The van der Waals surface area contributed by atoms with Crippen LogP contribution in [0.2, 0.25) is 0 Å². The van der Waals surface area contributed by atoms with E-state index in [9.17, 15) is 0 Å². The number of rotatable bonds is 3. The van der Waals surface area contributed by atoms with Gasteiger partial charge >= 0.3 is 6.01 Å². The monoisotopic (exact) mass is 201 g/mol. The van der Waals surface area contributed by atoms with Crippen molar-refractivity contribution in [2.75, 3.05) is 23.9 Å². The fourth-order valence-corrected chi connectivity index (χ4v) is 1.62. The van der Waals surface area contributed by atoms with Crippen LogP contribution in [0.15, 0.2) is 4.42 Å². The van der Waals surface area contributed by atoms with Gasteiger partial charge in [-0.25, -0.2) is 0 Å². The molecule has 4 nitrogen and oxygen atoms in total. The van der Waals surface area contributed by atoms with Gasteiger partial charge in [-0.05, 0) is 12.8 Å². The smallest absolute Gasteiger partial charge is 0.318 e. The van der Waals surface area contributed by atoms with Gasteiger partial charge in [-0.1, -0.05) is 5.10 Å². The summed E-state index contributed by atoms with van der Waals surface area (Å²) in [6, 6.07) is 0.651. The average molecular weight is 202 g/mol. The minimum atomic E-state index is 0.529. The normalized spacial score (nSPS) is 16.8. The van der Waals surface area contributed by atoms with E-state index >= 15 is 0 Å². The zero-order valence-corrected chi connectivity index (χ0v) is 8.13. The lowest BCUT2D eigenvalue weighted by atomic mass is 10.4. The van der Waals surface area contributed by atoms with E-state index in [0.717, 1.165) is 13.1 Å². The minimum absolute atomic E-state index is 0.529. The number of aryl methyl sites for hydroxylation is 1. The highest BCUT2D eigenvalue weighted by Gasteiger charge is 2.17. The van der Waals surface area contributed by atoms with Crippen LogP contribution in [0.25, 0.3) is 0 Å². The van der Waals surface area contributed by atoms with Crippen LogP contribution in [-0.2, 0) is 6.42 Å². The van der Waals surface area contributed by atoms with Crippen LogP contribution in [-0.4, -0.2) is 29.2 Å². The molecule has 72 valence electrons. The Morgan fingerprint density at radius 3 is 2.77 bits per heavy atom. The molecular weight excluding hydrogens is 190 g/mol. The third kappa shape index (κ3) is 1.94. The van der Waals surface area contributed by atoms with Gasteiger partial charge in [0.1, 0.15) is 0 Å². The van der Waals surface area contributed by atoms with Gasteiger partial charge in [-0.15, -0.1) is 16.7 Å². The second kappa shape index (κ2) is 3.96. The van der Waals surface area contributed by atoms with Crippen LogP contribution in [0.5, 0.6) is 0 Å². The van der Waals surface area contributed by atoms with Gasteiger partial charge in [0.25, 0.3) is 0 Å². The Balaban J connectivity index is 2.03. The lowest BCUT2D eigenvalue weighted by Crippen LogP contribution is -2.17. The first-order valence-electron chi connectivity index (χ1n) is 4.53. The van der Waals surface area contributed by atoms with Gasteiger partial charge in [-0.3, -0.25) is 0 Å². The molecule has 0 bridgehead atoms. The molecule has 1 saturated heterocycles. The Kier molecular flexibility index (Phi) is 2.68. The first-order chi connectivity index (χ1) is 6.40. The lowest BCUT2D eigenvalue weighted by molar-refractivity contribution is 0.496. The van der Waals surface area contributed by atoms with E-state index in [1.165, 1.54) is 12.8 Å². The molecular formula is C8H12ClN3O. The molecule has 0 aliphatic carbocycles. The van der Waals surface area contributed by atoms with Crippen LogP contribution < -0.4 is 4.90 Å². The van der Waals surface area contributed by atoms with Gasteiger partial charge in [0, 0.05) is 25.4 Å². The third-order valence-corrected chi connectivity index (χ3v) is 2.33. The van der Waals surface area contributed by atoms with Crippen LogP contribution >= 0.6 is 11.6 Å². The quantitative estimate of drug-likeness (QED) is 0.695. The van der Waals surface area contributed by atoms with Crippen molar-refractivity contribution in [1.82, 2.24) is 10.2 Å². The van der Waals surface area contributed by atoms with Crippen molar-refractivity contribution in [3.63, 3.8) is 0 Å². The zero-order chi connectivity index (χ0) is 9.10. The second-order valence-electron chi connectivity index (χ2n) is 3.11. The van der Waals surface area contributed by atoms with E-state index in [1.54, 1.807) is 0 Å². The van der Waals surface area contributed by atoms with Crippen LogP contribution in [0, 0.1) is 0 Å². The molecule has 1 fully saturated rings. The summed E-state index contributed by atoms with van der Waals surface area (Å²) in [5, 5.41) is 7.88. The summed E-state index contributed by atoms with van der Waals surface area (Å²) < 4.78 is 5.43. The molecule has 2 rings (SSSR count). The van der Waals surface area contributed by atoms with Crippen LogP contribution in [0.1, 0.15) is 18.7 Å². The number of hydrogen-bond donors (Lipinski definition) is 0. The molecule has 5 heteroatoms. The molecule has 0 spiro atoms. The molecule has 2 heterocycles. The van der Waals surface area contributed by atoms with Gasteiger partial charge < -0.3 is 9.32 Å². The van der Waals surface area contributed by atoms with E-state index in [0.29, 0.717) is 24.2 Å². The Morgan fingerprint density at radius 2 is 2.08 bits per heavy atom. The van der Waals surface area contributed by atoms with Crippen molar-refractivity contribution in [1.29, 1.82) is 0 Å². The van der Waals surface area contributed by atoms with Crippen LogP contribution in [0.3, 0.4) is 0 Å². The van der Waals surface area contributed by atoms with Crippen molar-refractivity contribution in [3.8, 4) is 0 Å². The minimum Gasteiger partial charge on any atom is -0.408 e. The van der Waals surface area contributed by atoms with Crippen molar-refractivity contribution in [3.05, 3.63) is 5.89 Å². The molecule has 0 atom stereocenters. The second-order valence-corrected chi connectivity index (χ2v) is 3.49. The Hall–Kier alpha value is -0.770. The van der Waals surface area contributed by atoms with E-state index in [2.05, 4.69) is 15.1 Å². The van der Waals surface area contributed by atoms with E-state index < -0.39 is 0 Å². The number of alkyl halides is 1. The maximum absolute atomic E-state index is 5.56. The predicted octanol–water partition coefficient (Wildman–Crippen LogP) is 1.45. The number of halogens is 1. The fourth-order valence-electron chi connectivity index (χ4n) is 1.46. The Labute approximate surface area is 81.9 Å². The van der Waals surface area contributed by atoms with E-state index in [1.807, 2.05) is 0 Å². The summed E-state index contributed by atoms with van der Waals surface area (Å²) in [5.41, 5.74) is 0. The summed E-state index contributed by atoms with van der Waals surface area (Å²) in [6.07, 6.45) is 3.09. The molecule has 0 unspecified atom stereocenters. The molecule has 1 aliphatic rings. The summed E-state index contributed by atoms with van der Waals surface area (Å²) in [5.74, 6) is 1.17. The SMILES string of the molecule is ClCCc1nnc(N2CCCC2)o1. The maximum atomic E-state index is 5.56. The van der Waals surface area contributed by atoms with Crippen molar-refractivity contribution < 1.29 is 4.42 Å². The topological polar surface area (TPSA) is 42.2 Å². The third-order valence-electron chi connectivity index (χ3n) is 2.14. The first-order valence-corrected chi connectivity index (χ1v) is 5.07. The molecule has 13 heavy (non-hydrogen) atoms. The van der Waals surface area contributed by atoms with Gasteiger partial charge in [-0.2, -0.15) is 0 Å². The number of hydrogen-bond acceptors (Lipinski definition) is 4. The Bertz CT molecular complexity index is 270. The Morgan fingerprint density at radius 1 is 1.31 bits per heavy atom. The molecule has 0 saturated carbocycles. The number of aromatic nitrogens is 2. The molecule has 1 aliphatic heterocycles. The molecule has 1 aromatic rings. The highest BCUT2D eigenvalue weighted by Crippen LogP contribution is 2.18. The average Bonchev–Trinajstić information content (AvgIpc) is 2.70. The number of nitrogens with zero attached hydrogens (tertiary/aromatic N) is 3. The molecule has 0 aromatic carbocycles. The highest BCUT2D eigenvalue weighted by molar-refractivity contribution is 6.17. The fraction of sp³-hybridized carbons (Fsp3) is 0.750. The predicted molar refractivity (Wildman–Crippen MR) is 50.2 cm³/mol. The highest BCUT2D eigenvalue weighted by atomic mass is 35.5. The molecule has 0 N–H and O–H groups in total. The van der Waals surface area contributed by atoms with Crippen LogP contribution in [0.4, 0.5) is 6.01 Å². The summed E-state index contributed by atoms with van der Waals surface area (Å²) in [4.78, 5) is 2.12. The first kappa shape index (κ1) is 8.81. The maximum Gasteiger partial charge on any atom is 0.318 e. The van der Waals surface area contributed by atoms with E-state index in [-0.39, 0.29) is 0 Å².